The van der Waals surface area contributed by atoms with Crippen molar-refractivity contribution < 1.29 is 9.63 Å². The van der Waals surface area contributed by atoms with Crippen molar-refractivity contribution in [3.8, 4) is 16.4 Å². The van der Waals surface area contributed by atoms with Gasteiger partial charge in [-0.15, -0.1) is 0 Å². The summed E-state index contributed by atoms with van der Waals surface area (Å²) in [4.78, 5) is 0.556. The highest BCUT2D eigenvalue weighted by Crippen LogP contribution is 2.30. The Balaban J connectivity index is 2.47. The van der Waals surface area contributed by atoms with E-state index in [9.17, 15) is 5.11 Å². The predicted octanol–water partition coefficient (Wildman–Crippen LogP) is 2.07. The van der Waals surface area contributed by atoms with E-state index in [4.69, 9.17) is 0 Å². The highest BCUT2D eigenvalue weighted by molar-refractivity contribution is 7.09. The summed E-state index contributed by atoms with van der Waals surface area (Å²) < 4.78 is 7.94. The number of hydrogen-bond donors (Lipinski definition) is 0. The van der Waals surface area contributed by atoms with Crippen LogP contribution in [0.25, 0.3) is 10.4 Å². The molecule has 13 heavy (non-hydrogen) atoms. The maximum absolute atomic E-state index is 11.1. The van der Waals surface area contributed by atoms with Gasteiger partial charge in [-0.2, -0.15) is 0 Å². The molecular formula is C9H7NO2S. The molecule has 3 nitrogen and oxygen atoms in total. The number of nitrogens with zero attached hydrogens (tertiary/aromatic N) is 1. The van der Waals surface area contributed by atoms with Crippen molar-refractivity contribution >= 4 is 11.5 Å². The maximum Gasteiger partial charge on any atom is 0.379 e. The van der Waals surface area contributed by atoms with Crippen LogP contribution < -0.4 is 5.11 Å². The van der Waals surface area contributed by atoms with Crippen molar-refractivity contribution in [1.82, 2.24) is 4.55 Å². The van der Waals surface area contributed by atoms with Gasteiger partial charge in [0.05, 0.1) is 0 Å². The SMILES string of the molecule is Cc1ccc(-c2sn[o+]c2[O-])cc1. The summed E-state index contributed by atoms with van der Waals surface area (Å²) in [6, 6.07) is 7.68. The van der Waals surface area contributed by atoms with Crippen LogP contribution >= 0.6 is 11.5 Å². The molecule has 0 aliphatic rings. The van der Waals surface area contributed by atoms with Crippen LogP contribution in [0.4, 0.5) is 0 Å². The highest BCUT2D eigenvalue weighted by Gasteiger charge is 2.10. The third-order valence-electron chi connectivity index (χ3n) is 1.75. The van der Waals surface area contributed by atoms with E-state index in [0.29, 0.717) is 4.88 Å². The minimum Gasteiger partial charge on any atom is -0.301 e. The van der Waals surface area contributed by atoms with Crippen molar-refractivity contribution in [1.29, 1.82) is 0 Å². The molecule has 1 heterocycles. The second-order valence-corrected chi connectivity index (χ2v) is 3.48. The number of aromatic nitrogens is 1. The van der Waals surface area contributed by atoms with E-state index in [0.717, 1.165) is 22.7 Å². The Kier molecular flexibility index (Phi) is 1.98. The molecule has 1 aromatic carbocycles. The van der Waals surface area contributed by atoms with E-state index in [1.54, 1.807) is 0 Å². The number of rotatable bonds is 1. The molecular weight excluding hydrogens is 186 g/mol. The van der Waals surface area contributed by atoms with E-state index in [-0.39, 0.29) is 5.95 Å². The van der Waals surface area contributed by atoms with Crippen LogP contribution in [-0.4, -0.2) is 4.55 Å². The molecule has 4 heteroatoms. The number of aryl methyl sites for hydroxylation is 1. The van der Waals surface area contributed by atoms with Gasteiger partial charge in [-0.3, -0.25) is 0 Å². The first-order chi connectivity index (χ1) is 6.27. The lowest BCUT2D eigenvalue weighted by Crippen LogP contribution is -1.88. The van der Waals surface area contributed by atoms with Gasteiger partial charge in [-0.05, 0) is 11.5 Å². The topological polar surface area (TPSA) is 47.2 Å². The smallest absolute Gasteiger partial charge is 0.301 e. The average Bonchev–Trinajstić information content (AvgIpc) is 2.53. The fourth-order valence-corrected chi connectivity index (χ4v) is 1.58. The molecule has 0 saturated heterocycles. The molecule has 2 aromatic rings. The van der Waals surface area contributed by atoms with Gasteiger partial charge in [-0.1, -0.05) is 29.8 Å². The number of hydrogen-bond acceptors (Lipinski definition) is 3. The summed E-state index contributed by atoms with van der Waals surface area (Å²) >= 11 is 1.08. The van der Waals surface area contributed by atoms with Crippen molar-refractivity contribution in [2.45, 2.75) is 6.92 Å². The summed E-state index contributed by atoms with van der Waals surface area (Å²) in [5.41, 5.74) is 2.03. The summed E-state index contributed by atoms with van der Waals surface area (Å²) in [6.07, 6.45) is 0. The minimum atomic E-state index is -0.367. The Morgan fingerprint density at radius 3 is 2.54 bits per heavy atom. The van der Waals surface area contributed by atoms with Crippen LogP contribution in [0.2, 0.25) is 0 Å². The Labute approximate surface area is 79.4 Å². The van der Waals surface area contributed by atoms with Crippen molar-refractivity contribution in [3.63, 3.8) is 0 Å². The molecule has 0 N–H and O–H groups in total. The maximum atomic E-state index is 11.1. The van der Waals surface area contributed by atoms with Gasteiger partial charge in [0.25, 0.3) is 0 Å². The molecule has 0 aliphatic carbocycles. The quantitative estimate of drug-likeness (QED) is 0.651. The lowest BCUT2D eigenvalue weighted by molar-refractivity contribution is -0.296. The molecule has 0 unspecified atom stereocenters. The van der Waals surface area contributed by atoms with Crippen LogP contribution in [0.1, 0.15) is 5.56 Å². The molecule has 66 valence electrons. The Morgan fingerprint density at radius 1 is 1.31 bits per heavy atom. The highest BCUT2D eigenvalue weighted by atomic mass is 32.1. The van der Waals surface area contributed by atoms with E-state index in [2.05, 4.69) is 9.07 Å². The van der Waals surface area contributed by atoms with Crippen LogP contribution in [0.15, 0.2) is 28.8 Å². The Morgan fingerprint density at radius 2 is 2.00 bits per heavy atom. The summed E-state index contributed by atoms with van der Waals surface area (Å²) in [5.74, 6) is -0.367. The van der Waals surface area contributed by atoms with Crippen molar-refractivity contribution in [2.75, 3.05) is 0 Å². The minimum absolute atomic E-state index is 0.367. The third kappa shape index (κ3) is 1.53. The van der Waals surface area contributed by atoms with E-state index < -0.39 is 0 Å². The zero-order valence-electron chi connectivity index (χ0n) is 6.98. The van der Waals surface area contributed by atoms with Crippen molar-refractivity contribution in [3.05, 3.63) is 29.8 Å². The molecule has 0 radical (unpaired) electrons. The molecule has 0 saturated carbocycles. The fraction of sp³-hybridized carbons (Fsp3) is 0.111. The third-order valence-corrected chi connectivity index (χ3v) is 2.48. The second kappa shape index (κ2) is 3.14. The molecule has 0 bridgehead atoms. The molecule has 0 fully saturated rings. The van der Waals surface area contributed by atoms with E-state index >= 15 is 0 Å². The zero-order valence-corrected chi connectivity index (χ0v) is 7.80. The van der Waals surface area contributed by atoms with Gasteiger partial charge < -0.3 is 4.52 Å². The summed E-state index contributed by atoms with van der Waals surface area (Å²) in [7, 11) is 0. The van der Waals surface area contributed by atoms with Gasteiger partial charge in [0.15, 0.2) is 0 Å². The molecule has 0 amide bonds. The molecule has 0 aliphatic heterocycles. The molecule has 0 spiro atoms. The molecule has 0 atom stereocenters. The Bertz CT molecular complexity index is 408. The van der Waals surface area contributed by atoms with Crippen molar-refractivity contribution in [2.24, 2.45) is 0 Å². The van der Waals surface area contributed by atoms with Crippen LogP contribution in [0.5, 0.6) is 5.95 Å². The molecule has 1 aromatic heterocycles. The van der Waals surface area contributed by atoms with Crippen LogP contribution in [-0.2, 0) is 0 Å². The average molecular weight is 193 g/mol. The monoisotopic (exact) mass is 193 g/mol. The zero-order chi connectivity index (χ0) is 9.26. The predicted molar refractivity (Wildman–Crippen MR) is 48.4 cm³/mol. The summed E-state index contributed by atoms with van der Waals surface area (Å²) in [5, 5.41) is 11.1. The van der Waals surface area contributed by atoms with E-state index in [1.165, 1.54) is 0 Å². The lowest BCUT2D eigenvalue weighted by Gasteiger charge is -1.95. The standard InChI is InChI=1S/C9H7NO2S/c1-6-2-4-7(5-3-6)8-9(11)12-10-13-8/h2-5H,1H3. The largest absolute Gasteiger partial charge is 0.379 e. The van der Waals surface area contributed by atoms with E-state index in [1.807, 2.05) is 31.2 Å². The van der Waals surface area contributed by atoms with Gasteiger partial charge in [0.1, 0.15) is 4.88 Å². The van der Waals surface area contributed by atoms with Gasteiger partial charge in [0, 0.05) is 17.1 Å². The first-order valence-electron chi connectivity index (χ1n) is 3.80. The van der Waals surface area contributed by atoms with Gasteiger partial charge >= 0.3 is 5.95 Å². The second-order valence-electron chi connectivity index (χ2n) is 2.74. The van der Waals surface area contributed by atoms with Gasteiger partial charge in [0.2, 0.25) is 0 Å². The lowest BCUT2D eigenvalue weighted by atomic mass is 10.1. The molecule has 2 rings (SSSR count). The first-order valence-corrected chi connectivity index (χ1v) is 4.57. The van der Waals surface area contributed by atoms with Gasteiger partial charge in [-0.25, -0.2) is 5.11 Å². The van der Waals surface area contributed by atoms with Crippen LogP contribution in [0.3, 0.4) is 0 Å². The Hall–Kier alpha value is -1.42. The fourth-order valence-electron chi connectivity index (χ4n) is 1.04. The first kappa shape index (κ1) is 8.19. The van der Waals surface area contributed by atoms with Crippen LogP contribution in [0, 0.1) is 6.92 Å². The normalized spacial score (nSPS) is 10.2. The number of benzene rings is 1. The summed E-state index contributed by atoms with van der Waals surface area (Å²) in [6.45, 7) is 2.00.